The van der Waals surface area contributed by atoms with E-state index in [1.165, 1.54) is 16.6 Å². The van der Waals surface area contributed by atoms with Gasteiger partial charge >= 0.3 is 0 Å². The highest BCUT2D eigenvalue weighted by Crippen LogP contribution is 2.24. The van der Waals surface area contributed by atoms with Crippen molar-refractivity contribution in [1.82, 2.24) is 4.57 Å². The van der Waals surface area contributed by atoms with Crippen LogP contribution in [0, 0.1) is 13.8 Å². The van der Waals surface area contributed by atoms with E-state index in [1.807, 2.05) is 12.1 Å². The van der Waals surface area contributed by atoms with Crippen LogP contribution in [0.25, 0.3) is 10.9 Å². The van der Waals surface area contributed by atoms with Crippen LogP contribution in [0.2, 0.25) is 0 Å². The summed E-state index contributed by atoms with van der Waals surface area (Å²) >= 11 is 0. The van der Waals surface area contributed by atoms with Gasteiger partial charge in [0.05, 0.1) is 6.54 Å². The first-order valence-corrected chi connectivity index (χ1v) is 4.73. The monoisotopic (exact) mass is 187 g/mol. The number of benzene rings is 1. The van der Waals surface area contributed by atoms with E-state index in [0.29, 0.717) is 6.54 Å². The molecule has 0 saturated carbocycles. The van der Waals surface area contributed by atoms with E-state index >= 15 is 0 Å². The number of fused-ring (bicyclic) bond motifs is 1. The first-order chi connectivity index (χ1) is 6.75. The third-order valence-electron chi connectivity index (χ3n) is 2.80. The SMILES string of the molecule is Cc1c(C)n(CC=O)c2ccccc12. The Morgan fingerprint density at radius 1 is 1.29 bits per heavy atom. The van der Waals surface area contributed by atoms with E-state index in [0.717, 1.165) is 11.8 Å². The van der Waals surface area contributed by atoms with E-state index < -0.39 is 0 Å². The average molecular weight is 187 g/mol. The van der Waals surface area contributed by atoms with Gasteiger partial charge in [-0.2, -0.15) is 0 Å². The standard InChI is InChI=1S/C12H13NO/c1-9-10(2)13(7-8-14)12-6-4-3-5-11(9)12/h3-6,8H,7H2,1-2H3. The van der Waals surface area contributed by atoms with Crippen molar-refractivity contribution in [3.05, 3.63) is 35.5 Å². The summed E-state index contributed by atoms with van der Waals surface area (Å²) in [6.07, 6.45) is 0.943. The Balaban J connectivity index is 2.80. The van der Waals surface area contributed by atoms with Crippen LogP contribution in [0.1, 0.15) is 11.3 Å². The van der Waals surface area contributed by atoms with Crippen molar-refractivity contribution in [3.63, 3.8) is 0 Å². The van der Waals surface area contributed by atoms with Gasteiger partial charge in [-0.15, -0.1) is 0 Å². The molecule has 0 radical (unpaired) electrons. The minimum Gasteiger partial charge on any atom is -0.337 e. The van der Waals surface area contributed by atoms with Gasteiger partial charge in [0.25, 0.3) is 0 Å². The molecule has 2 nitrogen and oxygen atoms in total. The molecule has 72 valence electrons. The third kappa shape index (κ3) is 1.15. The molecule has 1 heterocycles. The number of carbonyl (C=O) groups is 1. The molecule has 0 fully saturated rings. The number of nitrogens with zero attached hydrogens (tertiary/aromatic N) is 1. The van der Waals surface area contributed by atoms with E-state index in [4.69, 9.17) is 0 Å². The van der Waals surface area contributed by atoms with Gasteiger partial charge in [0.1, 0.15) is 6.29 Å². The number of hydrogen-bond donors (Lipinski definition) is 0. The zero-order valence-corrected chi connectivity index (χ0v) is 8.45. The van der Waals surface area contributed by atoms with Gasteiger partial charge in [-0.3, -0.25) is 0 Å². The smallest absolute Gasteiger partial charge is 0.139 e. The molecule has 0 unspecified atom stereocenters. The summed E-state index contributed by atoms with van der Waals surface area (Å²) in [5.41, 5.74) is 3.59. The fourth-order valence-electron chi connectivity index (χ4n) is 1.91. The molecule has 1 aromatic heterocycles. The van der Waals surface area contributed by atoms with Crippen LogP contribution in [0.3, 0.4) is 0 Å². The van der Waals surface area contributed by atoms with E-state index in [9.17, 15) is 4.79 Å². The van der Waals surface area contributed by atoms with Gasteiger partial charge in [-0.1, -0.05) is 18.2 Å². The fraction of sp³-hybridized carbons (Fsp3) is 0.250. The molecule has 0 aliphatic rings. The Morgan fingerprint density at radius 2 is 2.00 bits per heavy atom. The lowest BCUT2D eigenvalue weighted by Gasteiger charge is -2.02. The molecular formula is C12H13NO. The molecule has 0 aliphatic heterocycles. The molecule has 1 aromatic carbocycles. The lowest BCUT2D eigenvalue weighted by molar-refractivity contribution is -0.108. The number of hydrogen-bond acceptors (Lipinski definition) is 1. The second-order valence-electron chi connectivity index (χ2n) is 3.50. The van der Waals surface area contributed by atoms with Crippen molar-refractivity contribution in [1.29, 1.82) is 0 Å². The summed E-state index contributed by atoms with van der Waals surface area (Å²) in [5, 5.41) is 1.24. The van der Waals surface area contributed by atoms with Crippen LogP contribution < -0.4 is 0 Å². The fourth-order valence-corrected chi connectivity index (χ4v) is 1.91. The number of aromatic nitrogens is 1. The van der Waals surface area contributed by atoms with Gasteiger partial charge in [0.2, 0.25) is 0 Å². The van der Waals surface area contributed by atoms with Crippen molar-refractivity contribution in [3.8, 4) is 0 Å². The van der Waals surface area contributed by atoms with Gasteiger partial charge in [-0.05, 0) is 25.5 Å². The van der Waals surface area contributed by atoms with Gasteiger partial charge in [-0.25, -0.2) is 0 Å². The number of aldehydes is 1. The Kier molecular flexibility index (Phi) is 2.12. The Morgan fingerprint density at radius 3 is 2.71 bits per heavy atom. The van der Waals surface area contributed by atoms with E-state index in [1.54, 1.807) is 0 Å². The Bertz CT molecular complexity index is 482. The van der Waals surface area contributed by atoms with Gasteiger partial charge in [0, 0.05) is 16.6 Å². The minimum atomic E-state index is 0.445. The van der Waals surface area contributed by atoms with Crippen molar-refractivity contribution in [2.75, 3.05) is 0 Å². The van der Waals surface area contributed by atoms with Crippen LogP contribution in [0.15, 0.2) is 24.3 Å². The highest BCUT2D eigenvalue weighted by Gasteiger charge is 2.08. The zero-order valence-electron chi connectivity index (χ0n) is 8.45. The summed E-state index contributed by atoms with van der Waals surface area (Å²) in [5.74, 6) is 0. The van der Waals surface area contributed by atoms with Crippen LogP contribution >= 0.6 is 0 Å². The summed E-state index contributed by atoms with van der Waals surface area (Å²) in [4.78, 5) is 10.6. The van der Waals surface area contributed by atoms with E-state index in [-0.39, 0.29) is 0 Å². The number of aryl methyl sites for hydroxylation is 1. The van der Waals surface area contributed by atoms with Gasteiger partial charge in [0.15, 0.2) is 0 Å². The topological polar surface area (TPSA) is 22.0 Å². The number of rotatable bonds is 2. The predicted octanol–water partition coefficient (Wildman–Crippen LogP) is 2.46. The van der Waals surface area contributed by atoms with Crippen LogP contribution in [0.4, 0.5) is 0 Å². The molecule has 0 bridgehead atoms. The largest absolute Gasteiger partial charge is 0.337 e. The second-order valence-corrected chi connectivity index (χ2v) is 3.50. The summed E-state index contributed by atoms with van der Waals surface area (Å²) in [6, 6.07) is 8.18. The maximum Gasteiger partial charge on any atom is 0.139 e. The number of carbonyl (C=O) groups excluding carboxylic acids is 1. The molecule has 0 N–H and O–H groups in total. The normalized spacial score (nSPS) is 10.7. The van der Waals surface area contributed by atoms with Crippen molar-refractivity contribution in [2.45, 2.75) is 20.4 Å². The highest BCUT2D eigenvalue weighted by atomic mass is 16.1. The summed E-state index contributed by atoms with van der Waals surface area (Å²) in [6.45, 7) is 4.60. The number of para-hydroxylation sites is 1. The average Bonchev–Trinajstić information content (AvgIpc) is 2.45. The molecule has 0 saturated heterocycles. The molecule has 2 rings (SSSR count). The first-order valence-electron chi connectivity index (χ1n) is 4.73. The second kappa shape index (κ2) is 3.29. The molecule has 0 amide bonds. The third-order valence-corrected chi connectivity index (χ3v) is 2.80. The zero-order chi connectivity index (χ0) is 10.1. The van der Waals surface area contributed by atoms with Crippen LogP contribution in [0.5, 0.6) is 0 Å². The molecule has 0 spiro atoms. The maximum atomic E-state index is 10.6. The first kappa shape index (κ1) is 9.00. The van der Waals surface area contributed by atoms with E-state index in [2.05, 4.69) is 30.5 Å². The molecule has 0 aliphatic carbocycles. The van der Waals surface area contributed by atoms with Crippen LogP contribution in [-0.4, -0.2) is 10.9 Å². The molecule has 2 aromatic rings. The summed E-state index contributed by atoms with van der Waals surface area (Å²) in [7, 11) is 0. The lowest BCUT2D eigenvalue weighted by Crippen LogP contribution is -2.00. The highest BCUT2D eigenvalue weighted by molar-refractivity contribution is 5.85. The van der Waals surface area contributed by atoms with Gasteiger partial charge < -0.3 is 9.36 Å². The van der Waals surface area contributed by atoms with Crippen molar-refractivity contribution >= 4 is 17.2 Å². The predicted molar refractivity (Wildman–Crippen MR) is 57.5 cm³/mol. The molecule has 0 atom stereocenters. The molecule has 14 heavy (non-hydrogen) atoms. The molecular weight excluding hydrogens is 174 g/mol. The quantitative estimate of drug-likeness (QED) is 0.662. The molecule has 2 heteroatoms. The summed E-state index contributed by atoms with van der Waals surface area (Å²) < 4.78 is 2.05. The Labute approximate surface area is 83.2 Å². The maximum absolute atomic E-state index is 10.6. The lowest BCUT2D eigenvalue weighted by atomic mass is 10.2. The Hall–Kier alpha value is -1.57. The van der Waals surface area contributed by atoms with Crippen LogP contribution in [-0.2, 0) is 11.3 Å². The van der Waals surface area contributed by atoms with Crippen molar-refractivity contribution < 1.29 is 4.79 Å². The minimum absolute atomic E-state index is 0.445. The van der Waals surface area contributed by atoms with Crippen molar-refractivity contribution in [2.24, 2.45) is 0 Å².